The van der Waals surface area contributed by atoms with Crippen molar-refractivity contribution in [2.24, 2.45) is 20.4 Å². The summed E-state index contributed by atoms with van der Waals surface area (Å²) in [6, 6.07) is 28.7. The van der Waals surface area contributed by atoms with Crippen molar-refractivity contribution >= 4 is 43.0 Å². The Morgan fingerprint density at radius 2 is 0.902 bits per heavy atom. The molecule has 41 heavy (non-hydrogen) atoms. The Hall–Kier alpha value is -5.14. The second-order valence-electron chi connectivity index (χ2n) is 7.57. The standard InChI is InChI=1S/2C14H13N3O.Ga.NO3/c2*1-11(13-9-5-6-10-15-13)16-17-14(18)12-7-3-2-4-8-12;;2-1(3)4/h2*2-10H,1H3,(H,17,18);;/q;;+3;-1/p-2/b2*16-11+;;. The van der Waals surface area contributed by atoms with Gasteiger partial charge in [-0.25, -0.2) is 0 Å². The van der Waals surface area contributed by atoms with Gasteiger partial charge in [-0.2, -0.15) is 20.4 Å². The van der Waals surface area contributed by atoms with E-state index in [1.807, 2.05) is 48.5 Å². The summed E-state index contributed by atoms with van der Waals surface area (Å²) in [6.07, 6.45) is 3.35. The smallest absolute Gasteiger partial charge is 0.857 e. The van der Waals surface area contributed by atoms with Gasteiger partial charge in [0, 0.05) is 24.2 Å². The maximum Gasteiger partial charge on any atom is 3.00 e. The van der Waals surface area contributed by atoms with E-state index in [-0.39, 0.29) is 31.6 Å². The van der Waals surface area contributed by atoms with Gasteiger partial charge in [-0.15, -0.1) is 0 Å². The quantitative estimate of drug-likeness (QED) is 0.106. The van der Waals surface area contributed by atoms with E-state index < -0.39 is 5.09 Å². The van der Waals surface area contributed by atoms with Gasteiger partial charge in [0.15, 0.2) is 0 Å². The van der Waals surface area contributed by atoms with Crippen LogP contribution in [0.2, 0.25) is 0 Å². The fourth-order valence-corrected chi connectivity index (χ4v) is 2.77. The first-order chi connectivity index (χ1) is 19.3. The molecular formula is C28H24GaN7O5. The summed E-state index contributed by atoms with van der Waals surface area (Å²) in [5.41, 5.74) is 3.69. The van der Waals surface area contributed by atoms with Crippen molar-refractivity contribution in [1.82, 2.24) is 9.97 Å². The molecule has 0 radical (unpaired) electrons. The first-order valence-corrected chi connectivity index (χ1v) is 11.6. The first-order valence-electron chi connectivity index (χ1n) is 11.6. The second kappa shape index (κ2) is 19.0. The van der Waals surface area contributed by atoms with E-state index in [9.17, 15) is 10.2 Å². The summed E-state index contributed by atoms with van der Waals surface area (Å²) in [7, 11) is 0. The summed E-state index contributed by atoms with van der Waals surface area (Å²) in [5, 5.41) is 53.3. The molecule has 0 aliphatic carbocycles. The van der Waals surface area contributed by atoms with Crippen LogP contribution in [-0.2, 0) is 0 Å². The largest absolute Gasteiger partial charge is 3.00 e. The van der Waals surface area contributed by atoms with Crippen molar-refractivity contribution < 1.29 is 15.3 Å². The number of rotatable bonds is 6. The van der Waals surface area contributed by atoms with Crippen molar-refractivity contribution in [2.45, 2.75) is 13.8 Å². The van der Waals surface area contributed by atoms with Gasteiger partial charge < -0.3 is 25.5 Å². The minimum absolute atomic E-state index is 0. The SMILES string of the molecule is C/C(=N\N=C(/[O-])c1ccccc1)c1ccccn1.C/C(=N\N=C(/[O-])c1ccccc1)c1ccccn1.O=[N+]([O-])[O-].[Ga+3]. The minimum atomic E-state index is -1.75. The summed E-state index contributed by atoms with van der Waals surface area (Å²) in [5.74, 6) is -0.711. The Balaban J connectivity index is 0.000000355. The predicted octanol–water partition coefficient (Wildman–Crippen LogP) is 2.61. The predicted molar refractivity (Wildman–Crippen MR) is 155 cm³/mol. The molecule has 12 nitrogen and oxygen atoms in total. The average Bonchev–Trinajstić information content (AvgIpc) is 3.00. The number of aromatic nitrogens is 2. The van der Waals surface area contributed by atoms with Gasteiger partial charge in [0.05, 0.1) is 27.9 Å². The van der Waals surface area contributed by atoms with Crippen LogP contribution in [0.3, 0.4) is 0 Å². The average molecular weight is 608 g/mol. The van der Waals surface area contributed by atoms with Crippen molar-refractivity contribution in [3.8, 4) is 0 Å². The van der Waals surface area contributed by atoms with Crippen molar-refractivity contribution in [2.75, 3.05) is 0 Å². The third-order valence-corrected chi connectivity index (χ3v) is 4.69. The maximum atomic E-state index is 11.7. The number of nitrogens with zero attached hydrogens (tertiary/aromatic N) is 7. The van der Waals surface area contributed by atoms with Crippen LogP contribution in [0.25, 0.3) is 0 Å². The monoisotopic (exact) mass is 607 g/mol. The molecule has 0 bridgehead atoms. The van der Waals surface area contributed by atoms with Crippen LogP contribution >= 0.6 is 0 Å². The fraction of sp³-hybridized carbons (Fsp3) is 0.0714. The van der Waals surface area contributed by atoms with E-state index in [0.29, 0.717) is 33.9 Å². The van der Waals surface area contributed by atoms with E-state index >= 15 is 0 Å². The van der Waals surface area contributed by atoms with Gasteiger partial charge in [0.2, 0.25) is 0 Å². The summed E-state index contributed by atoms with van der Waals surface area (Å²) < 4.78 is 0. The van der Waals surface area contributed by atoms with Crippen LogP contribution in [-0.4, -0.2) is 58.1 Å². The molecule has 0 unspecified atom stereocenters. The van der Waals surface area contributed by atoms with Crippen molar-refractivity contribution in [3.63, 3.8) is 0 Å². The number of hydrogen-bond acceptors (Lipinski definition) is 11. The zero-order chi connectivity index (χ0) is 29.2. The van der Waals surface area contributed by atoms with Gasteiger partial charge >= 0.3 is 19.8 Å². The molecule has 2 heterocycles. The van der Waals surface area contributed by atoms with E-state index in [1.165, 1.54) is 0 Å². The van der Waals surface area contributed by atoms with Crippen LogP contribution in [0, 0.1) is 15.3 Å². The Morgan fingerprint density at radius 3 is 1.20 bits per heavy atom. The minimum Gasteiger partial charge on any atom is -0.857 e. The molecule has 13 heteroatoms. The molecule has 204 valence electrons. The number of pyridine rings is 2. The maximum absolute atomic E-state index is 11.7. The molecule has 0 saturated heterocycles. The topological polar surface area (TPSA) is 188 Å². The van der Waals surface area contributed by atoms with Crippen LogP contribution in [0.5, 0.6) is 0 Å². The molecule has 0 aliphatic heterocycles. The van der Waals surface area contributed by atoms with Gasteiger partial charge in [-0.3, -0.25) is 9.97 Å². The van der Waals surface area contributed by atoms with E-state index in [4.69, 9.17) is 15.3 Å². The zero-order valence-electron chi connectivity index (χ0n) is 22.1. The third kappa shape index (κ3) is 13.5. The Bertz CT molecular complexity index is 1230. The van der Waals surface area contributed by atoms with Gasteiger partial charge in [0.1, 0.15) is 0 Å². The van der Waals surface area contributed by atoms with Crippen molar-refractivity contribution in [3.05, 3.63) is 147 Å². The molecule has 0 aliphatic rings. The molecule has 4 aromatic rings. The first kappa shape index (κ1) is 33.9. The van der Waals surface area contributed by atoms with Gasteiger partial charge in [-0.05, 0) is 49.2 Å². The molecule has 2 aromatic heterocycles. The zero-order valence-corrected chi connectivity index (χ0v) is 24.6. The number of benzene rings is 2. The van der Waals surface area contributed by atoms with Gasteiger partial charge in [-0.1, -0.05) is 72.8 Å². The normalized spacial score (nSPS) is 11.6. The molecule has 0 saturated carbocycles. The van der Waals surface area contributed by atoms with Crippen LogP contribution in [0.15, 0.2) is 130 Å². The van der Waals surface area contributed by atoms with E-state index in [2.05, 4.69) is 30.4 Å². The molecule has 0 N–H and O–H groups in total. The molecule has 0 amide bonds. The second-order valence-corrected chi connectivity index (χ2v) is 7.57. The molecule has 4 rings (SSSR count). The molecular weight excluding hydrogens is 584 g/mol. The van der Waals surface area contributed by atoms with Gasteiger partial charge in [0.25, 0.3) is 0 Å². The summed E-state index contributed by atoms with van der Waals surface area (Å²) in [6.45, 7) is 3.54. The molecule has 0 spiro atoms. The summed E-state index contributed by atoms with van der Waals surface area (Å²) in [4.78, 5) is 16.5. The van der Waals surface area contributed by atoms with E-state index in [0.717, 1.165) is 0 Å². The Morgan fingerprint density at radius 1 is 0.585 bits per heavy atom. The Labute approximate surface area is 249 Å². The van der Waals surface area contributed by atoms with Crippen LogP contribution < -0.4 is 10.2 Å². The fourth-order valence-electron chi connectivity index (χ4n) is 2.77. The molecule has 0 atom stereocenters. The van der Waals surface area contributed by atoms with E-state index in [1.54, 1.807) is 74.8 Å². The number of hydrogen-bond donors (Lipinski definition) is 0. The van der Waals surface area contributed by atoms with Crippen molar-refractivity contribution in [1.29, 1.82) is 0 Å². The van der Waals surface area contributed by atoms with Crippen LogP contribution in [0.1, 0.15) is 36.4 Å². The summed E-state index contributed by atoms with van der Waals surface area (Å²) >= 11 is 0. The Kier molecular flexibility index (Phi) is 15.7. The molecule has 0 fully saturated rings. The molecule has 2 aromatic carbocycles. The van der Waals surface area contributed by atoms with Crippen LogP contribution in [0.4, 0.5) is 0 Å². The third-order valence-electron chi connectivity index (χ3n) is 4.69.